The van der Waals surface area contributed by atoms with Crippen molar-refractivity contribution >= 4 is 0 Å². The van der Waals surface area contributed by atoms with Gasteiger partial charge in [0.15, 0.2) is 0 Å². The smallest absolute Gasteiger partial charge is 0.0115 e. The third kappa shape index (κ3) is 3.69. The molecule has 2 heteroatoms. The molecule has 2 rings (SSSR count). The molecule has 2 fully saturated rings. The Morgan fingerprint density at radius 1 is 1.06 bits per heavy atom. The van der Waals surface area contributed by atoms with Crippen LogP contribution in [-0.2, 0) is 0 Å². The van der Waals surface area contributed by atoms with Gasteiger partial charge in [0.25, 0.3) is 0 Å². The Kier molecular flexibility index (Phi) is 4.48. The summed E-state index contributed by atoms with van der Waals surface area (Å²) in [5.41, 5.74) is 6.51. The van der Waals surface area contributed by atoms with Crippen LogP contribution in [0.4, 0.5) is 0 Å². The number of rotatable bonds is 2. The van der Waals surface area contributed by atoms with Crippen molar-refractivity contribution in [2.45, 2.75) is 64.8 Å². The standard InChI is InChI=1S/C15H30N2/c1-15(2)12-17(10-9-14(15)16)11-13-7-5-3-4-6-8-13/h13-14H,3-12,16H2,1-2H3. The lowest BCUT2D eigenvalue weighted by atomic mass is 9.79. The second-order valence-corrected chi connectivity index (χ2v) is 6.98. The van der Waals surface area contributed by atoms with E-state index in [1.165, 1.54) is 64.6 Å². The Bertz CT molecular complexity index is 229. The first-order chi connectivity index (χ1) is 8.08. The van der Waals surface area contributed by atoms with Crippen molar-refractivity contribution in [2.24, 2.45) is 17.1 Å². The van der Waals surface area contributed by atoms with Crippen molar-refractivity contribution < 1.29 is 0 Å². The van der Waals surface area contributed by atoms with Gasteiger partial charge in [0.05, 0.1) is 0 Å². The largest absolute Gasteiger partial charge is 0.327 e. The molecule has 0 amide bonds. The molecule has 0 radical (unpaired) electrons. The molecule has 1 saturated heterocycles. The summed E-state index contributed by atoms with van der Waals surface area (Å²) in [6.07, 6.45) is 9.95. The van der Waals surface area contributed by atoms with Gasteiger partial charge >= 0.3 is 0 Å². The van der Waals surface area contributed by atoms with Crippen LogP contribution in [0.5, 0.6) is 0 Å². The normalized spacial score (nSPS) is 32.3. The Morgan fingerprint density at radius 2 is 1.71 bits per heavy atom. The Labute approximate surface area is 107 Å². The molecule has 0 aromatic rings. The van der Waals surface area contributed by atoms with Gasteiger partial charge in [0.2, 0.25) is 0 Å². The summed E-state index contributed by atoms with van der Waals surface area (Å²) in [7, 11) is 0. The molecular weight excluding hydrogens is 208 g/mol. The Balaban J connectivity index is 1.82. The Hall–Kier alpha value is -0.0800. The minimum atomic E-state index is 0.309. The second kappa shape index (κ2) is 5.71. The molecule has 100 valence electrons. The van der Waals surface area contributed by atoms with Crippen molar-refractivity contribution in [3.05, 3.63) is 0 Å². The van der Waals surface area contributed by atoms with Gasteiger partial charge in [-0.25, -0.2) is 0 Å². The SMILES string of the molecule is CC1(C)CN(CC2CCCCCC2)CCC1N. The number of hydrogen-bond acceptors (Lipinski definition) is 2. The van der Waals surface area contributed by atoms with E-state index >= 15 is 0 Å². The first kappa shape index (κ1) is 13.4. The van der Waals surface area contributed by atoms with Crippen LogP contribution < -0.4 is 5.73 Å². The van der Waals surface area contributed by atoms with Crippen LogP contribution in [0.3, 0.4) is 0 Å². The van der Waals surface area contributed by atoms with Crippen molar-refractivity contribution in [2.75, 3.05) is 19.6 Å². The van der Waals surface area contributed by atoms with E-state index in [-0.39, 0.29) is 0 Å². The van der Waals surface area contributed by atoms with E-state index in [0.717, 1.165) is 5.92 Å². The molecule has 0 aromatic carbocycles. The molecule has 1 aliphatic heterocycles. The van der Waals surface area contributed by atoms with Crippen molar-refractivity contribution in [1.29, 1.82) is 0 Å². The van der Waals surface area contributed by atoms with E-state index in [1.807, 2.05) is 0 Å². The van der Waals surface area contributed by atoms with E-state index in [9.17, 15) is 0 Å². The highest BCUT2D eigenvalue weighted by atomic mass is 15.1. The number of hydrogen-bond donors (Lipinski definition) is 1. The molecule has 0 spiro atoms. The van der Waals surface area contributed by atoms with Crippen LogP contribution in [0.2, 0.25) is 0 Å². The monoisotopic (exact) mass is 238 g/mol. The first-order valence-corrected chi connectivity index (χ1v) is 7.56. The number of piperidine rings is 1. The van der Waals surface area contributed by atoms with Gasteiger partial charge in [-0.3, -0.25) is 0 Å². The van der Waals surface area contributed by atoms with Crippen LogP contribution >= 0.6 is 0 Å². The van der Waals surface area contributed by atoms with Crippen molar-refractivity contribution in [1.82, 2.24) is 4.90 Å². The zero-order valence-electron chi connectivity index (χ0n) is 11.8. The fraction of sp³-hybridized carbons (Fsp3) is 1.00. The van der Waals surface area contributed by atoms with E-state index in [0.29, 0.717) is 11.5 Å². The molecule has 0 aromatic heterocycles. The van der Waals surface area contributed by atoms with Gasteiger partial charge < -0.3 is 10.6 Å². The first-order valence-electron chi connectivity index (χ1n) is 7.56. The number of nitrogens with two attached hydrogens (primary N) is 1. The van der Waals surface area contributed by atoms with Crippen molar-refractivity contribution in [3.8, 4) is 0 Å². The van der Waals surface area contributed by atoms with Gasteiger partial charge in [0.1, 0.15) is 0 Å². The fourth-order valence-corrected chi connectivity index (χ4v) is 3.55. The molecule has 1 saturated carbocycles. The topological polar surface area (TPSA) is 29.3 Å². The van der Waals surface area contributed by atoms with Gasteiger partial charge in [-0.1, -0.05) is 39.5 Å². The van der Waals surface area contributed by atoms with Gasteiger partial charge in [0, 0.05) is 19.1 Å². The number of likely N-dealkylation sites (tertiary alicyclic amines) is 1. The predicted octanol–water partition coefficient (Wildman–Crippen LogP) is 3.02. The van der Waals surface area contributed by atoms with E-state index in [2.05, 4.69) is 18.7 Å². The molecule has 0 bridgehead atoms. The summed E-state index contributed by atoms with van der Waals surface area (Å²) in [5, 5.41) is 0. The summed E-state index contributed by atoms with van der Waals surface area (Å²) in [6.45, 7) is 8.41. The van der Waals surface area contributed by atoms with Crippen molar-refractivity contribution in [3.63, 3.8) is 0 Å². The highest BCUT2D eigenvalue weighted by molar-refractivity contribution is 4.90. The molecule has 2 aliphatic rings. The Morgan fingerprint density at radius 3 is 2.29 bits per heavy atom. The summed E-state index contributed by atoms with van der Waals surface area (Å²) in [5.74, 6) is 0.961. The summed E-state index contributed by atoms with van der Waals surface area (Å²) >= 11 is 0. The maximum Gasteiger partial charge on any atom is 0.0115 e. The highest BCUT2D eigenvalue weighted by Gasteiger charge is 2.33. The second-order valence-electron chi connectivity index (χ2n) is 6.98. The van der Waals surface area contributed by atoms with E-state index in [4.69, 9.17) is 5.73 Å². The zero-order valence-corrected chi connectivity index (χ0v) is 11.8. The third-order valence-electron chi connectivity index (χ3n) is 4.88. The lowest BCUT2D eigenvalue weighted by Crippen LogP contribution is -2.53. The highest BCUT2D eigenvalue weighted by Crippen LogP contribution is 2.30. The van der Waals surface area contributed by atoms with Gasteiger partial charge in [-0.05, 0) is 37.1 Å². The minimum Gasteiger partial charge on any atom is -0.327 e. The summed E-state index contributed by atoms with van der Waals surface area (Å²) in [4.78, 5) is 2.68. The molecule has 1 unspecified atom stereocenters. The fourth-order valence-electron chi connectivity index (χ4n) is 3.55. The molecular formula is C15H30N2. The summed E-state index contributed by atoms with van der Waals surface area (Å²) < 4.78 is 0. The zero-order chi connectivity index (χ0) is 12.3. The average Bonchev–Trinajstić information content (AvgIpc) is 2.52. The molecule has 1 aliphatic carbocycles. The quantitative estimate of drug-likeness (QED) is 0.749. The van der Waals surface area contributed by atoms with E-state index < -0.39 is 0 Å². The van der Waals surface area contributed by atoms with Crippen LogP contribution in [0.1, 0.15) is 58.8 Å². The van der Waals surface area contributed by atoms with Crippen LogP contribution in [0, 0.1) is 11.3 Å². The van der Waals surface area contributed by atoms with Crippen LogP contribution in [-0.4, -0.2) is 30.6 Å². The molecule has 2 nitrogen and oxygen atoms in total. The molecule has 1 heterocycles. The third-order valence-corrected chi connectivity index (χ3v) is 4.88. The lowest BCUT2D eigenvalue weighted by molar-refractivity contribution is 0.0798. The van der Waals surface area contributed by atoms with Crippen LogP contribution in [0.25, 0.3) is 0 Å². The van der Waals surface area contributed by atoms with Gasteiger partial charge in [-0.2, -0.15) is 0 Å². The maximum absolute atomic E-state index is 6.21. The average molecular weight is 238 g/mol. The minimum absolute atomic E-state index is 0.309. The maximum atomic E-state index is 6.21. The molecule has 2 N–H and O–H groups in total. The predicted molar refractivity (Wildman–Crippen MR) is 74.0 cm³/mol. The van der Waals surface area contributed by atoms with E-state index in [1.54, 1.807) is 0 Å². The summed E-state index contributed by atoms with van der Waals surface area (Å²) in [6, 6.07) is 0.396. The number of nitrogens with zero attached hydrogens (tertiary/aromatic N) is 1. The van der Waals surface area contributed by atoms with Gasteiger partial charge in [-0.15, -0.1) is 0 Å². The lowest BCUT2D eigenvalue weighted by Gasteiger charge is -2.43. The van der Waals surface area contributed by atoms with Crippen LogP contribution in [0.15, 0.2) is 0 Å². The molecule has 17 heavy (non-hydrogen) atoms. The molecule has 1 atom stereocenters.